The number of amides is 1. The molecule has 3 heterocycles. The summed E-state index contributed by atoms with van der Waals surface area (Å²) in [5, 5.41) is 3.31. The van der Waals surface area contributed by atoms with Crippen LogP contribution in [0.5, 0.6) is 0 Å². The minimum Gasteiger partial charge on any atom is -0.365 e. The second-order valence-electron chi connectivity index (χ2n) is 8.26. The maximum Gasteiger partial charge on any atom is 0.267 e. The molecule has 1 aliphatic rings. The van der Waals surface area contributed by atoms with Crippen molar-refractivity contribution in [1.29, 1.82) is 0 Å². The molecule has 1 amide bonds. The number of aryl methyl sites for hydroxylation is 2. The molecular formula is C25H26N4O2S2. The van der Waals surface area contributed by atoms with E-state index in [9.17, 15) is 9.59 Å². The van der Waals surface area contributed by atoms with Crippen LogP contribution < -0.4 is 10.9 Å². The Balaban J connectivity index is 1.79. The Hall–Kier alpha value is -2.97. The van der Waals surface area contributed by atoms with E-state index in [2.05, 4.69) is 5.32 Å². The number of thiocarbonyl (C=S) groups is 1. The predicted octanol–water partition coefficient (Wildman–Crippen LogP) is 4.92. The van der Waals surface area contributed by atoms with Crippen LogP contribution in [0.4, 0.5) is 5.82 Å². The van der Waals surface area contributed by atoms with Crippen molar-refractivity contribution < 1.29 is 4.79 Å². The topological polar surface area (TPSA) is 66.7 Å². The monoisotopic (exact) mass is 478 g/mol. The zero-order valence-electron chi connectivity index (χ0n) is 19.1. The summed E-state index contributed by atoms with van der Waals surface area (Å²) in [6.07, 6.45) is 4.18. The van der Waals surface area contributed by atoms with Crippen molar-refractivity contribution in [2.45, 2.75) is 46.7 Å². The molecule has 1 atom stereocenters. The highest BCUT2D eigenvalue weighted by molar-refractivity contribution is 8.26. The van der Waals surface area contributed by atoms with Gasteiger partial charge in [0.1, 0.15) is 15.8 Å². The maximum absolute atomic E-state index is 13.5. The van der Waals surface area contributed by atoms with Crippen LogP contribution in [0.2, 0.25) is 0 Å². The summed E-state index contributed by atoms with van der Waals surface area (Å²) in [4.78, 5) is 33.3. The van der Waals surface area contributed by atoms with E-state index >= 15 is 0 Å². The minimum absolute atomic E-state index is 0.000933. The van der Waals surface area contributed by atoms with Crippen LogP contribution >= 0.6 is 24.0 Å². The predicted molar refractivity (Wildman–Crippen MR) is 139 cm³/mol. The number of benzene rings is 1. The number of pyridine rings is 1. The summed E-state index contributed by atoms with van der Waals surface area (Å²) in [7, 11) is 0. The van der Waals surface area contributed by atoms with E-state index in [-0.39, 0.29) is 17.5 Å². The lowest BCUT2D eigenvalue weighted by Gasteiger charge is -2.21. The van der Waals surface area contributed by atoms with Gasteiger partial charge in [0.05, 0.1) is 10.5 Å². The molecule has 0 bridgehead atoms. The number of carbonyl (C=O) groups excluding carboxylic acids is 1. The average molecular weight is 479 g/mol. The van der Waals surface area contributed by atoms with Crippen molar-refractivity contribution in [2.75, 3.05) is 5.32 Å². The zero-order valence-corrected chi connectivity index (χ0v) is 20.7. The first-order valence-corrected chi connectivity index (χ1v) is 12.1. The number of hydrogen-bond acceptors (Lipinski definition) is 6. The van der Waals surface area contributed by atoms with Gasteiger partial charge < -0.3 is 5.32 Å². The molecule has 4 rings (SSSR count). The molecule has 0 aliphatic carbocycles. The molecule has 0 spiro atoms. The summed E-state index contributed by atoms with van der Waals surface area (Å²) in [5.74, 6) is 0.274. The molecule has 0 unspecified atom stereocenters. The second kappa shape index (κ2) is 9.49. The van der Waals surface area contributed by atoms with Crippen LogP contribution in [0.3, 0.4) is 0 Å². The van der Waals surface area contributed by atoms with Crippen LogP contribution in [0.25, 0.3) is 11.7 Å². The van der Waals surface area contributed by atoms with Gasteiger partial charge in [-0.25, -0.2) is 4.98 Å². The van der Waals surface area contributed by atoms with E-state index < -0.39 is 0 Å². The number of aromatic nitrogens is 2. The third-order valence-electron chi connectivity index (χ3n) is 5.72. The molecule has 3 aromatic rings. The van der Waals surface area contributed by atoms with Crippen LogP contribution in [0.15, 0.2) is 52.3 Å². The number of nitrogens with one attached hydrogen (secondary N) is 1. The lowest BCUT2D eigenvalue weighted by molar-refractivity contribution is -0.123. The van der Waals surface area contributed by atoms with Crippen LogP contribution in [0.1, 0.15) is 42.5 Å². The summed E-state index contributed by atoms with van der Waals surface area (Å²) in [6, 6.07) is 11.9. The van der Waals surface area contributed by atoms with E-state index in [0.717, 1.165) is 17.5 Å². The Labute approximate surface area is 202 Å². The molecule has 1 fully saturated rings. The molecular weight excluding hydrogens is 452 g/mol. The van der Waals surface area contributed by atoms with E-state index in [0.29, 0.717) is 32.8 Å². The molecule has 8 heteroatoms. The van der Waals surface area contributed by atoms with E-state index in [1.165, 1.54) is 21.7 Å². The van der Waals surface area contributed by atoms with Gasteiger partial charge in [0.25, 0.3) is 11.5 Å². The van der Waals surface area contributed by atoms with Crippen molar-refractivity contribution >= 4 is 51.7 Å². The van der Waals surface area contributed by atoms with Crippen LogP contribution in [-0.4, -0.2) is 30.6 Å². The van der Waals surface area contributed by atoms with Gasteiger partial charge in [-0.05, 0) is 50.5 Å². The SMILES string of the molecule is CC[C@@H](C)N1C(=O)/C(=C/c2c(NCc3ccc(C)cc3)nc3ccc(C)cn3c2=O)SC1=S. The van der Waals surface area contributed by atoms with Gasteiger partial charge in [-0.15, -0.1) is 0 Å². The number of carbonyl (C=O) groups is 1. The second-order valence-corrected chi connectivity index (χ2v) is 9.94. The smallest absolute Gasteiger partial charge is 0.267 e. The highest BCUT2D eigenvalue weighted by atomic mass is 32.2. The molecule has 1 aliphatic heterocycles. The summed E-state index contributed by atoms with van der Waals surface area (Å²) in [6.45, 7) is 8.45. The quantitative estimate of drug-likeness (QED) is 0.401. The normalized spacial score (nSPS) is 16.1. The first kappa shape index (κ1) is 23.2. The van der Waals surface area contributed by atoms with E-state index in [1.807, 2.05) is 64.1 Å². The third kappa shape index (κ3) is 4.72. The van der Waals surface area contributed by atoms with Gasteiger partial charge in [-0.1, -0.05) is 66.8 Å². The third-order valence-corrected chi connectivity index (χ3v) is 7.05. The first-order valence-electron chi connectivity index (χ1n) is 10.9. The van der Waals surface area contributed by atoms with Crippen molar-refractivity contribution in [3.63, 3.8) is 0 Å². The Morgan fingerprint density at radius 1 is 1.12 bits per heavy atom. The summed E-state index contributed by atoms with van der Waals surface area (Å²) in [5.41, 5.74) is 3.85. The lowest BCUT2D eigenvalue weighted by Crippen LogP contribution is -2.36. The molecule has 1 saturated heterocycles. The van der Waals surface area contributed by atoms with Gasteiger partial charge in [-0.2, -0.15) is 0 Å². The molecule has 0 saturated carbocycles. The maximum atomic E-state index is 13.5. The fourth-order valence-corrected chi connectivity index (χ4v) is 5.03. The minimum atomic E-state index is -0.232. The molecule has 2 aromatic heterocycles. The Morgan fingerprint density at radius 3 is 2.52 bits per heavy atom. The summed E-state index contributed by atoms with van der Waals surface area (Å²) >= 11 is 6.68. The number of rotatable bonds is 6. The fourth-order valence-electron chi connectivity index (χ4n) is 3.59. The molecule has 1 N–H and O–H groups in total. The van der Waals surface area contributed by atoms with Crippen molar-refractivity contribution in [3.05, 3.63) is 80.1 Å². The van der Waals surface area contributed by atoms with Gasteiger partial charge in [0.2, 0.25) is 0 Å². The standard InChI is InChI=1S/C25H26N4O2S2/c1-5-17(4)29-24(31)20(33-25(29)32)12-19-22(26-13-18-9-6-15(2)7-10-18)27-21-11-8-16(3)14-28(21)23(19)30/h6-12,14,17,26H,5,13H2,1-4H3/b20-12-/t17-/m1/s1. The molecule has 33 heavy (non-hydrogen) atoms. The highest BCUT2D eigenvalue weighted by Crippen LogP contribution is 2.34. The van der Waals surface area contributed by atoms with Gasteiger partial charge >= 0.3 is 0 Å². The highest BCUT2D eigenvalue weighted by Gasteiger charge is 2.35. The number of thioether (sulfide) groups is 1. The molecule has 0 radical (unpaired) electrons. The van der Waals surface area contributed by atoms with Crippen LogP contribution in [0, 0.1) is 13.8 Å². The van der Waals surface area contributed by atoms with Crippen molar-refractivity contribution in [1.82, 2.24) is 14.3 Å². The van der Waals surface area contributed by atoms with E-state index in [4.69, 9.17) is 17.2 Å². The van der Waals surface area contributed by atoms with Crippen molar-refractivity contribution in [3.8, 4) is 0 Å². The number of nitrogens with zero attached hydrogens (tertiary/aromatic N) is 3. The van der Waals surface area contributed by atoms with Gasteiger partial charge in [-0.3, -0.25) is 18.9 Å². The molecule has 170 valence electrons. The van der Waals surface area contributed by atoms with Gasteiger partial charge in [0.15, 0.2) is 0 Å². The van der Waals surface area contributed by atoms with E-state index in [1.54, 1.807) is 17.2 Å². The lowest BCUT2D eigenvalue weighted by atomic mass is 10.1. The summed E-state index contributed by atoms with van der Waals surface area (Å²) < 4.78 is 2.03. The first-order chi connectivity index (χ1) is 15.8. The fraction of sp³-hybridized carbons (Fsp3) is 0.280. The Kier molecular flexibility index (Phi) is 6.67. The Morgan fingerprint density at radius 2 is 1.82 bits per heavy atom. The van der Waals surface area contributed by atoms with Crippen LogP contribution in [-0.2, 0) is 11.3 Å². The molecule has 1 aromatic carbocycles. The number of anilines is 1. The largest absolute Gasteiger partial charge is 0.365 e. The van der Waals surface area contributed by atoms with Gasteiger partial charge in [0, 0.05) is 18.8 Å². The molecule has 6 nitrogen and oxygen atoms in total. The van der Waals surface area contributed by atoms with Crippen molar-refractivity contribution in [2.24, 2.45) is 0 Å². The average Bonchev–Trinajstić information content (AvgIpc) is 3.08. The zero-order chi connectivity index (χ0) is 23.7. The number of fused-ring (bicyclic) bond motifs is 1. The Bertz CT molecular complexity index is 1330. The number of hydrogen-bond donors (Lipinski definition) is 1.